The maximum Gasteiger partial charge on any atom is 0.416 e. The Bertz CT molecular complexity index is 988. The van der Waals surface area contributed by atoms with Crippen LogP contribution in [0.2, 0.25) is 0 Å². The van der Waals surface area contributed by atoms with Crippen molar-refractivity contribution in [2.45, 2.75) is 38.0 Å². The number of benzene rings is 2. The average molecular weight is 469 g/mol. The van der Waals surface area contributed by atoms with Crippen LogP contribution >= 0.6 is 0 Å². The molecule has 178 valence electrons. The van der Waals surface area contributed by atoms with Crippen molar-refractivity contribution in [2.75, 3.05) is 19.6 Å². The number of halogens is 5. The van der Waals surface area contributed by atoms with Gasteiger partial charge in [0.15, 0.2) is 0 Å². The number of piperidine rings is 1. The number of nitrogens with one attached hydrogen (secondary N) is 2. The van der Waals surface area contributed by atoms with Gasteiger partial charge in [-0.1, -0.05) is 18.2 Å². The molecule has 2 aromatic rings. The summed E-state index contributed by atoms with van der Waals surface area (Å²) < 4.78 is 65.1. The fraction of sp³-hybridized carbons (Fsp3) is 0.391. The number of carbonyl (C=O) groups excluding carboxylic acids is 2. The first kappa shape index (κ1) is 24.6. The van der Waals surface area contributed by atoms with Crippen LogP contribution in [-0.4, -0.2) is 42.4 Å². The van der Waals surface area contributed by atoms with Gasteiger partial charge in [0.05, 0.1) is 11.1 Å². The van der Waals surface area contributed by atoms with Gasteiger partial charge in [-0.3, -0.25) is 14.5 Å². The van der Waals surface area contributed by atoms with Crippen molar-refractivity contribution in [3.05, 3.63) is 70.8 Å². The Hall–Kier alpha value is -3.01. The Morgan fingerprint density at radius 1 is 1.03 bits per heavy atom. The van der Waals surface area contributed by atoms with Crippen molar-refractivity contribution < 1.29 is 31.5 Å². The first-order chi connectivity index (χ1) is 15.6. The lowest BCUT2D eigenvalue weighted by Crippen LogP contribution is -2.45. The van der Waals surface area contributed by atoms with Crippen LogP contribution in [0.5, 0.6) is 0 Å². The molecule has 0 atom stereocenters. The van der Waals surface area contributed by atoms with E-state index < -0.39 is 29.3 Å². The number of hydrogen-bond donors (Lipinski definition) is 2. The van der Waals surface area contributed by atoms with Crippen LogP contribution in [0.25, 0.3) is 0 Å². The number of likely N-dealkylation sites (tertiary alicyclic amines) is 1. The highest BCUT2D eigenvalue weighted by molar-refractivity contribution is 5.94. The standard InChI is InChI=1S/C23H24F5N3O2/c24-17-4-5-19(20(25)13-17)22(33)29-9-6-21(32)30-18-7-10-31(11-8-18)14-15-2-1-3-16(12-15)23(26,27)28/h1-5,12-13,18H,6-11,14H2,(H,29,33)(H,30,32). The van der Waals surface area contributed by atoms with E-state index in [9.17, 15) is 31.5 Å². The second-order valence-electron chi connectivity index (χ2n) is 7.95. The summed E-state index contributed by atoms with van der Waals surface area (Å²) in [6.45, 7) is 1.65. The molecular formula is C23H24F5N3O2. The molecule has 3 rings (SSSR count). The summed E-state index contributed by atoms with van der Waals surface area (Å²) in [5.74, 6) is -2.77. The van der Waals surface area contributed by atoms with Crippen LogP contribution in [0.3, 0.4) is 0 Å². The molecule has 1 heterocycles. The fourth-order valence-electron chi connectivity index (χ4n) is 3.70. The third kappa shape index (κ3) is 7.24. The van der Waals surface area contributed by atoms with Crippen LogP contribution in [0.1, 0.15) is 40.7 Å². The van der Waals surface area contributed by atoms with Crippen LogP contribution in [0.4, 0.5) is 22.0 Å². The summed E-state index contributed by atoms with van der Waals surface area (Å²) in [6.07, 6.45) is -3.07. The van der Waals surface area contributed by atoms with Gasteiger partial charge in [-0.15, -0.1) is 0 Å². The third-order valence-electron chi connectivity index (χ3n) is 5.43. The van der Waals surface area contributed by atoms with E-state index in [1.54, 1.807) is 6.07 Å². The van der Waals surface area contributed by atoms with E-state index in [0.717, 1.165) is 24.3 Å². The zero-order valence-electron chi connectivity index (χ0n) is 17.7. The Balaban J connectivity index is 1.37. The quantitative estimate of drug-likeness (QED) is 0.605. The molecule has 1 fully saturated rings. The second kappa shape index (κ2) is 10.7. The highest BCUT2D eigenvalue weighted by Crippen LogP contribution is 2.30. The van der Waals surface area contributed by atoms with Gasteiger partial charge in [0.25, 0.3) is 5.91 Å². The lowest BCUT2D eigenvalue weighted by Gasteiger charge is -2.32. The van der Waals surface area contributed by atoms with E-state index in [1.807, 2.05) is 4.90 Å². The minimum absolute atomic E-state index is 0.000990. The first-order valence-corrected chi connectivity index (χ1v) is 10.5. The SMILES string of the molecule is O=C(CCNC(=O)c1ccc(F)cc1F)NC1CCN(Cc2cccc(C(F)(F)F)c2)CC1. The van der Waals surface area contributed by atoms with Gasteiger partial charge in [0.1, 0.15) is 11.6 Å². The molecule has 0 saturated carbocycles. The molecule has 10 heteroatoms. The van der Waals surface area contributed by atoms with E-state index in [-0.39, 0.29) is 30.5 Å². The van der Waals surface area contributed by atoms with E-state index in [1.165, 1.54) is 6.07 Å². The summed E-state index contributed by atoms with van der Waals surface area (Å²) in [4.78, 5) is 26.1. The lowest BCUT2D eigenvalue weighted by atomic mass is 10.0. The lowest BCUT2D eigenvalue weighted by molar-refractivity contribution is -0.137. The molecule has 0 spiro atoms. The first-order valence-electron chi connectivity index (χ1n) is 10.5. The van der Waals surface area contributed by atoms with E-state index in [4.69, 9.17) is 0 Å². The number of nitrogens with zero attached hydrogens (tertiary/aromatic N) is 1. The molecule has 0 bridgehead atoms. The Morgan fingerprint density at radius 3 is 2.42 bits per heavy atom. The summed E-state index contributed by atoms with van der Waals surface area (Å²) in [5.41, 5.74) is -0.387. The molecule has 0 radical (unpaired) electrons. The third-order valence-corrected chi connectivity index (χ3v) is 5.43. The maximum atomic E-state index is 13.6. The summed E-state index contributed by atoms with van der Waals surface area (Å²) in [6, 6.07) is 7.81. The van der Waals surface area contributed by atoms with Crippen molar-refractivity contribution in [1.82, 2.24) is 15.5 Å². The summed E-state index contributed by atoms with van der Waals surface area (Å²) >= 11 is 0. The Morgan fingerprint density at radius 2 is 1.76 bits per heavy atom. The monoisotopic (exact) mass is 469 g/mol. The summed E-state index contributed by atoms with van der Waals surface area (Å²) in [5, 5.41) is 5.30. The number of amides is 2. The number of rotatable bonds is 7. The van der Waals surface area contributed by atoms with Crippen molar-refractivity contribution in [3.8, 4) is 0 Å². The average Bonchev–Trinajstić information content (AvgIpc) is 2.74. The van der Waals surface area contributed by atoms with Gasteiger partial charge in [-0.2, -0.15) is 13.2 Å². The van der Waals surface area contributed by atoms with Gasteiger partial charge in [0.2, 0.25) is 5.91 Å². The van der Waals surface area contributed by atoms with Gasteiger partial charge in [-0.25, -0.2) is 8.78 Å². The van der Waals surface area contributed by atoms with Gasteiger partial charge in [-0.05, 0) is 36.6 Å². The highest BCUT2D eigenvalue weighted by Gasteiger charge is 2.30. The molecule has 0 aliphatic carbocycles. The summed E-state index contributed by atoms with van der Waals surface area (Å²) in [7, 11) is 0. The maximum absolute atomic E-state index is 13.6. The van der Waals surface area contributed by atoms with Crippen molar-refractivity contribution in [1.29, 1.82) is 0 Å². The molecule has 0 aromatic heterocycles. The molecule has 1 saturated heterocycles. The molecule has 2 amide bonds. The molecule has 5 nitrogen and oxygen atoms in total. The second-order valence-corrected chi connectivity index (χ2v) is 7.95. The zero-order chi connectivity index (χ0) is 24.0. The molecule has 2 N–H and O–H groups in total. The number of alkyl halides is 3. The van der Waals surface area contributed by atoms with E-state index in [0.29, 0.717) is 44.1 Å². The predicted molar refractivity (Wildman–Crippen MR) is 111 cm³/mol. The molecule has 2 aromatic carbocycles. The van der Waals surface area contributed by atoms with Crippen LogP contribution in [0.15, 0.2) is 42.5 Å². The normalized spacial score (nSPS) is 15.3. The van der Waals surface area contributed by atoms with Crippen molar-refractivity contribution >= 4 is 11.8 Å². The largest absolute Gasteiger partial charge is 0.416 e. The fourth-order valence-corrected chi connectivity index (χ4v) is 3.70. The molecule has 0 unspecified atom stereocenters. The zero-order valence-corrected chi connectivity index (χ0v) is 17.7. The predicted octanol–water partition coefficient (Wildman–Crippen LogP) is 3.88. The number of carbonyl (C=O) groups is 2. The van der Waals surface area contributed by atoms with Gasteiger partial charge >= 0.3 is 6.18 Å². The van der Waals surface area contributed by atoms with E-state index in [2.05, 4.69) is 10.6 Å². The van der Waals surface area contributed by atoms with Crippen LogP contribution < -0.4 is 10.6 Å². The molecule has 1 aliphatic rings. The highest BCUT2D eigenvalue weighted by atomic mass is 19.4. The van der Waals surface area contributed by atoms with Gasteiger partial charge < -0.3 is 10.6 Å². The van der Waals surface area contributed by atoms with Crippen LogP contribution in [0, 0.1) is 11.6 Å². The number of hydrogen-bond acceptors (Lipinski definition) is 3. The molecular weight excluding hydrogens is 445 g/mol. The van der Waals surface area contributed by atoms with Crippen LogP contribution in [-0.2, 0) is 17.5 Å². The molecule has 33 heavy (non-hydrogen) atoms. The van der Waals surface area contributed by atoms with Crippen molar-refractivity contribution in [3.63, 3.8) is 0 Å². The Labute approximate surface area is 188 Å². The minimum Gasteiger partial charge on any atom is -0.353 e. The van der Waals surface area contributed by atoms with E-state index >= 15 is 0 Å². The Kier molecular flexibility index (Phi) is 8.01. The topological polar surface area (TPSA) is 61.4 Å². The minimum atomic E-state index is -4.38. The van der Waals surface area contributed by atoms with Crippen molar-refractivity contribution in [2.24, 2.45) is 0 Å². The van der Waals surface area contributed by atoms with Gasteiger partial charge in [0, 0.05) is 44.7 Å². The smallest absolute Gasteiger partial charge is 0.353 e. The molecule has 1 aliphatic heterocycles.